The van der Waals surface area contributed by atoms with E-state index in [4.69, 9.17) is 5.73 Å². The van der Waals surface area contributed by atoms with Gasteiger partial charge in [-0.05, 0) is 6.92 Å². The maximum absolute atomic E-state index is 9.70. The molecule has 0 saturated carbocycles. The van der Waals surface area contributed by atoms with Crippen molar-refractivity contribution in [2.45, 2.75) is 28.2 Å². The Morgan fingerprint density at radius 1 is 1.71 bits per heavy atom. The Morgan fingerprint density at radius 2 is 2.43 bits per heavy atom. The second-order valence-electron chi connectivity index (χ2n) is 2.84. The number of thioether (sulfide) groups is 1. The first-order chi connectivity index (χ1) is 6.59. The summed E-state index contributed by atoms with van der Waals surface area (Å²) in [5.74, 6) is 0. The van der Waals surface area contributed by atoms with Gasteiger partial charge in [-0.2, -0.15) is 0 Å². The highest BCUT2D eigenvalue weighted by Crippen LogP contribution is 2.22. The van der Waals surface area contributed by atoms with E-state index in [9.17, 15) is 5.11 Å². The second-order valence-corrected chi connectivity index (χ2v) is 7.07. The fourth-order valence-electron chi connectivity index (χ4n) is 0.933. The predicted octanol–water partition coefficient (Wildman–Crippen LogP) is 0.438. The molecule has 80 valence electrons. The summed E-state index contributed by atoms with van der Waals surface area (Å²) < 4.78 is 1.95. The van der Waals surface area contributed by atoms with E-state index in [1.54, 1.807) is 17.1 Å². The SMILES string of the molecule is CC(I)SC(N)C(O)Cn1ccnn1. The molecule has 5 nitrogen and oxygen atoms in total. The van der Waals surface area contributed by atoms with Crippen LogP contribution < -0.4 is 5.73 Å². The number of rotatable bonds is 5. The van der Waals surface area contributed by atoms with Crippen molar-refractivity contribution >= 4 is 34.4 Å². The van der Waals surface area contributed by atoms with Gasteiger partial charge < -0.3 is 10.8 Å². The second kappa shape index (κ2) is 5.89. The van der Waals surface area contributed by atoms with Crippen LogP contribution in [0.25, 0.3) is 0 Å². The van der Waals surface area contributed by atoms with Gasteiger partial charge in [-0.1, -0.05) is 27.8 Å². The Bertz CT molecular complexity index is 256. The average Bonchev–Trinajstić information content (AvgIpc) is 2.55. The highest BCUT2D eigenvalue weighted by Gasteiger charge is 2.17. The zero-order valence-corrected chi connectivity index (χ0v) is 10.7. The summed E-state index contributed by atoms with van der Waals surface area (Å²) >= 11 is 3.80. The molecule has 0 fully saturated rings. The number of alkyl halides is 1. The van der Waals surface area contributed by atoms with Gasteiger partial charge in [0.05, 0.1) is 27.5 Å². The molecule has 14 heavy (non-hydrogen) atoms. The van der Waals surface area contributed by atoms with Crippen molar-refractivity contribution in [3.8, 4) is 0 Å². The van der Waals surface area contributed by atoms with Crippen LogP contribution in [0.3, 0.4) is 0 Å². The van der Waals surface area contributed by atoms with Crippen molar-refractivity contribution in [2.75, 3.05) is 0 Å². The molecule has 0 amide bonds. The molecular formula is C7H13IN4OS. The number of aliphatic hydroxyl groups excluding tert-OH is 1. The van der Waals surface area contributed by atoms with Crippen molar-refractivity contribution in [1.82, 2.24) is 15.0 Å². The highest BCUT2D eigenvalue weighted by atomic mass is 127. The van der Waals surface area contributed by atoms with E-state index >= 15 is 0 Å². The molecule has 3 atom stereocenters. The van der Waals surface area contributed by atoms with Gasteiger partial charge in [-0.25, -0.2) is 4.68 Å². The topological polar surface area (TPSA) is 77.0 Å². The Balaban J connectivity index is 2.37. The lowest BCUT2D eigenvalue weighted by Gasteiger charge is -2.19. The molecule has 0 bridgehead atoms. The van der Waals surface area contributed by atoms with Gasteiger partial charge in [0.15, 0.2) is 0 Å². The summed E-state index contributed by atoms with van der Waals surface area (Å²) in [5.41, 5.74) is 5.78. The van der Waals surface area contributed by atoms with Gasteiger partial charge in [0.2, 0.25) is 0 Å². The number of nitrogens with two attached hydrogens (primary N) is 1. The third kappa shape index (κ3) is 4.11. The average molecular weight is 328 g/mol. The molecule has 3 N–H and O–H groups in total. The van der Waals surface area contributed by atoms with Crippen molar-refractivity contribution in [3.05, 3.63) is 12.4 Å². The Kier molecular flexibility index (Phi) is 5.13. The largest absolute Gasteiger partial charge is 0.389 e. The molecule has 7 heteroatoms. The normalized spacial score (nSPS) is 17.7. The summed E-state index contributed by atoms with van der Waals surface area (Å²) in [5, 5.41) is 16.8. The Labute approximate surface area is 101 Å². The highest BCUT2D eigenvalue weighted by molar-refractivity contribution is 14.1. The summed E-state index contributed by atoms with van der Waals surface area (Å²) in [6.45, 7) is 2.42. The maximum Gasteiger partial charge on any atom is 0.0980 e. The van der Waals surface area contributed by atoms with Crippen LogP contribution in [0.4, 0.5) is 0 Å². The standard InChI is InChI=1S/C7H13IN4OS/c1-5(8)14-7(9)6(13)4-12-3-2-10-11-12/h2-3,5-7,13H,4,9H2,1H3. The lowest BCUT2D eigenvalue weighted by molar-refractivity contribution is 0.146. The van der Waals surface area contributed by atoms with Gasteiger partial charge in [0, 0.05) is 6.20 Å². The lowest BCUT2D eigenvalue weighted by atomic mass is 10.3. The molecule has 0 aliphatic rings. The minimum Gasteiger partial charge on any atom is -0.389 e. The number of hydrogen-bond acceptors (Lipinski definition) is 5. The van der Waals surface area contributed by atoms with Gasteiger partial charge in [-0.3, -0.25) is 0 Å². The molecule has 0 aliphatic heterocycles. The van der Waals surface area contributed by atoms with Gasteiger partial charge >= 0.3 is 0 Å². The maximum atomic E-state index is 9.70. The zero-order chi connectivity index (χ0) is 10.6. The van der Waals surface area contributed by atoms with Crippen LogP contribution in [0.15, 0.2) is 12.4 Å². The van der Waals surface area contributed by atoms with E-state index in [2.05, 4.69) is 32.9 Å². The molecule has 1 heterocycles. The fraction of sp³-hybridized carbons (Fsp3) is 0.714. The quantitative estimate of drug-likeness (QED) is 0.466. The van der Waals surface area contributed by atoms with Crippen LogP contribution in [-0.4, -0.2) is 34.8 Å². The van der Waals surface area contributed by atoms with Crippen LogP contribution >= 0.6 is 34.4 Å². The minimum atomic E-state index is -0.598. The molecule has 1 aromatic rings. The van der Waals surface area contributed by atoms with Crippen molar-refractivity contribution in [1.29, 1.82) is 0 Å². The summed E-state index contributed by atoms with van der Waals surface area (Å²) in [6.07, 6.45) is 2.68. The number of nitrogens with zero attached hydrogens (tertiary/aromatic N) is 3. The van der Waals surface area contributed by atoms with Crippen LogP contribution in [0.2, 0.25) is 0 Å². The van der Waals surface area contributed by atoms with Gasteiger partial charge in [0.1, 0.15) is 0 Å². The number of hydrogen-bond donors (Lipinski definition) is 2. The summed E-state index contributed by atoms with van der Waals surface area (Å²) in [6, 6.07) is 0. The minimum absolute atomic E-state index is 0.286. The molecule has 3 unspecified atom stereocenters. The fourth-order valence-corrected chi connectivity index (χ4v) is 2.65. The van der Waals surface area contributed by atoms with Crippen molar-refractivity contribution in [2.24, 2.45) is 5.73 Å². The van der Waals surface area contributed by atoms with Crippen molar-refractivity contribution < 1.29 is 5.11 Å². The molecule has 1 aromatic heterocycles. The number of aromatic nitrogens is 3. The van der Waals surface area contributed by atoms with E-state index < -0.39 is 6.10 Å². The first-order valence-corrected chi connectivity index (χ1v) is 6.35. The first kappa shape index (κ1) is 12.2. The summed E-state index contributed by atoms with van der Waals surface area (Å²) in [4.78, 5) is 0. The van der Waals surface area contributed by atoms with E-state index in [1.165, 1.54) is 11.8 Å². The third-order valence-corrected chi connectivity index (χ3v) is 3.45. The molecule has 0 aliphatic carbocycles. The first-order valence-electron chi connectivity index (χ1n) is 4.17. The van der Waals surface area contributed by atoms with Crippen molar-refractivity contribution in [3.63, 3.8) is 0 Å². The van der Waals surface area contributed by atoms with E-state index in [0.717, 1.165) is 0 Å². The summed E-state index contributed by atoms with van der Waals surface area (Å²) in [7, 11) is 0. The smallest absolute Gasteiger partial charge is 0.0980 e. The van der Waals surface area contributed by atoms with E-state index in [0.29, 0.717) is 9.80 Å². The molecule has 0 aromatic carbocycles. The van der Waals surface area contributed by atoms with E-state index in [1.807, 2.05) is 6.92 Å². The van der Waals surface area contributed by atoms with Gasteiger partial charge in [0.25, 0.3) is 0 Å². The molecule has 1 rings (SSSR count). The van der Waals surface area contributed by atoms with Gasteiger partial charge in [-0.15, -0.1) is 16.9 Å². The van der Waals surface area contributed by atoms with Crippen LogP contribution in [0, 0.1) is 0 Å². The molecule has 0 saturated heterocycles. The Hall–Kier alpha value is 0.140. The van der Waals surface area contributed by atoms with E-state index in [-0.39, 0.29) is 5.37 Å². The monoisotopic (exact) mass is 328 g/mol. The van der Waals surface area contributed by atoms with Crippen LogP contribution in [-0.2, 0) is 6.54 Å². The molecular weight excluding hydrogens is 315 g/mol. The Morgan fingerprint density at radius 3 is 2.93 bits per heavy atom. The van der Waals surface area contributed by atoms with Crippen LogP contribution in [0.1, 0.15) is 6.92 Å². The number of halogens is 1. The lowest BCUT2D eigenvalue weighted by Crippen LogP contribution is -2.35. The third-order valence-electron chi connectivity index (χ3n) is 1.57. The molecule has 0 spiro atoms. The number of aliphatic hydroxyl groups is 1. The van der Waals surface area contributed by atoms with Crippen LogP contribution in [0.5, 0.6) is 0 Å². The predicted molar refractivity (Wildman–Crippen MR) is 65.1 cm³/mol. The zero-order valence-electron chi connectivity index (χ0n) is 7.75. The molecule has 0 radical (unpaired) electrons.